The highest BCUT2D eigenvalue weighted by Crippen LogP contribution is 2.14. The summed E-state index contributed by atoms with van der Waals surface area (Å²) in [5, 5.41) is 5.47. The third-order valence-corrected chi connectivity index (χ3v) is 2.74. The van der Waals surface area contributed by atoms with Crippen LogP contribution in [-0.2, 0) is 9.53 Å². The molecule has 2 aromatic rings. The van der Waals surface area contributed by atoms with E-state index >= 15 is 0 Å². The van der Waals surface area contributed by atoms with Gasteiger partial charge in [-0.25, -0.2) is 0 Å². The molecule has 0 saturated heterocycles. The molecule has 0 radical (unpaired) electrons. The van der Waals surface area contributed by atoms with Crippen molar-refractivity contribution in [3.8, 4) is 0 Å². The minimum Gasteiger partial charge on any atom is -0.375 e. The van der Waals surface area contributed by atoms with E-state index in [-0.39, 0.29) is 18.4 Å². The molecule has 0 unspecified atom stereocenters. The molecule has 2 amide bonds. The average Bonchev–Trinajstić information content (AvgIpc) is 2.50. The van der Waals surface area contributed by atoms with Crippen molar-refractivity contribution in [2.75, 3.05) is 24.4 Å². The molecule has 2 rings (SSSR count). The number of nitrogens with one attached hydrogen (secondary N) is 2. The molecular formula is C16H16N2O3. The van der Waals surface area contributed by atoms with Crippen LogP contribution < -0.4 is 10.6 Å². The molecule has 0 aliphatic rings. The lowest BCUT2D eigenvalue weighted by molar-refractivity contribution is -0.119. The standard InChI is InChI=1S/C16H16N2O3/c1-21-11-15(19)17-13-7-9-14(10-8-13)18-16(20)12-5-3-2-4-6-12/h2-10H,11H2,1H3,(H,17,19)(H,18,20). The van der Waals surface area contributed by atoms with E-state index in [2.05, 4.69) is 10.6 Å². The molecule has 2 N–H and O–H groups in total. The van der Waals surface area contributed by atoms with Crippen LogP contribution >= 0.6 is 0 Å². The molecular weight excluding hydrogens is 268 g/mol. The van der Waals surface area contributed by atoms with Gasteiger partial charge in [0.2, 0.25) is 5.91 Å². The monoisotopic (exact) mass is 284 g/mol. The number of carbonyl (C=O) groups excluding carboxylic acids is 2. The topological polar surface area (TPSA) is 67.4 Å². The minimum atomic E-state index is -0.224. The number of hydrogen-bond acceptors (Lipinski definition) is 3. The largest absolute Gasteiger partial charge is 0.375 e. The molecule has 0 bridgehead atoms. The van der Waals surface area contributed by atoms with Crippen LogP contribution in [0.3, 0.4) is 0 Å². The van der Waals surface area contributed by atoms with Crippen LogP contribution in [0.15, 0.2) is 54.6 Å². The number of carbonyl (C=O) groups is 2. The highest BCUT2D eigenvalue weighted by Gasteiger charge is 2.05. The molecule has 0 spiro atoms. The first-order valence-corrected chi connectivity index (χ1v) is 6.44. The van der Waals surface area contributed by atoms with Crippen molar-refractivity contribution in [3.05, 3.63) is 60.2 Å². The molecule has 0 heterocycles. The Morgan fingerprint density at radius 1 is 0.905 bits per heavy atom. The maximum atomic E-state index is 12.0. The quantitative estimate of drug-likeness (QED) is 0.886. The van der Waals surface area contributed by atoms with Crippen molar-refractivity contribution in [1.29, 1.82) is 0 Å². The Hall–Kier alpha value is -2.66. The second kappa shape index (κ2) is 7.21. The van der Waals surface area contributed by atoms with Crippen molar-refractivity contribution in [1.82, 2.24) is 0 Å². The highest BCUT2D eigenvalue weighted by molar-refractivity contribution is 6.04. The van der Waals surface area contributed by atoms with E-state index in [1.165, 1.54) is 7.11 Å². The van der Waals surface area contributed by atoms with Crippen LogP contribution in [0.2, 0.25) is 0 Å². The van der Waals surface area contributed by atoms with Crippen molar-refractivity contribution >= 4 is 23.2 Å². The van der Waals surface area contributed by atoms with Gasteiger partial charge < -0.3 is 15.4 Å². The zero-order valence-electron chi connectivity index (χ0n) is 11.6. The first-order chi connectivity index (χ1) is 10.2. The summed E-state index contributed by atoms with van der Waals surface area (Å²) in [5.74, 6) is -0.398. The Bertz CT molecular complexity index is 609. The molecule has 2 aromatic carbocycles. The molecule has 0 fully saturated rings. The van der Waals surface area contributed by atoms with E-state index in [0.29, 0.717) is 16.9 Å². The van der Waals surface area contributed by atoms with E-state index in [0.717, 1.165) is 0 Å². The SMILES string of the molecule is COCC(=O)Nc1ccc(NC(=O)c2ccccc2)cc1. The number of hydrogen-bond donors (Lipinski definition) is 2. The third kappa shape index (κ3) is 4.43. The fourth-order valence-electron chi connectivity index (χ4n) is 1.76. The van der Waals surface area contributed by atoms with Crippen LogP contribution in [0.5, 0.6) is 0 Å². The summed E-state index contributed by atoms with van der Waals surface area (Å²) in [4.78, 5) is 23.3. The second-order valence-electron chi connectivity index (χ2n) is 4.38. The fourth-order valence-corrected chi connectivity index (χ4v) is 1.76. The van der Waals surface area contributed by atoms with Crippen LogP contribution in [0.25, 0.3) is 0 Å². The predicted octanol–water partition coefficient (Wildman–Crippen LogP) is 2.52. The van der Waals surface area contributed by atoms with Gasteiger partial charge in [0.05, 0.1) is 0 Å². The zero-order chi connectivity index (χ0) is 15.1. The van der Waals surface area contributed by atoms with Gasteiger partial charge in [-0.2, -0.15) is 0 Å². The van der Waals surface area contributed by atoms with Crippen LogP contribution in [0, 0.1) is 0 Å². The summed E-state index contributed by atoms with van der Waals surface area (Å²) in [6.07, 6.45) is 0. The molecule has 5 nitrogen and oxygen atoms in total. The van der Waals surface area contributed by atoms with Crippen molar-refractivity contribution in [2.24, 2.45) is 0 Å². The zero-order valence-corrected chi connectivity index (χ0v) is 11.6. The Morgan fingerprint density at radius 2 is 1.48 bits per heavy atom. The lowest BCUT2D eigenvalue weighted by Gasteiger charge is -2.07. The molecule has 0 aliphatic carbocycles. The number of ether oxygens (including phenoxy) is 1. The first-order valence-electron chi connectivity index (χ1n) is 6.44. The van der Waals surface area contributed by atoms with Gasteiger partial charge in [0.15, 0.2) is 0 Å². The van der Waals surface area contributed by atoms with Gasteiger partial charge in [-0.15, -0.1) is 0 Å². The first kappa shape index (κ1) is 14.7. The summed E-state index contributed by atoms with van der Waals surface area (Å²) in [6.45, 7) is 0.00644. The average molecular weight is 284 g/mol. The van der Waals surface area contributed by atoms with Crippen molar-refractivity contribution < 1.29 is 14.3 Å². The number of anilines is 2. The van der Waals surface area contributed by atoms with E-state index in [9.17, 15) is 9.59 Å². The smallest absolute Gasteiger partial charge is 0.255 e. The Morgan fingerprint density at radius 3 is 2.05 bits per heavy atom. The molecule has 21 heavy (non-hydrogen) atoms. The normalized spacial score (nSPS) is 9.95. The molecule has 0 saturated carbocycles. The Kier molecular flexibility index (Phi) is 5.06. The molecule has 5 heteroatoms. The van der Waals surface area contributed by atoms with Gasteiger partial charge in [-0.1, -0.05) is 18.2 Å². The minimum absolute atomic E-state index is 0.00644. The van der Waals surface area contributed by atoms with Gasteiger partial charge >= 0.3 is 0 Å². The number of amides is 2. The van der Waals surface area contributed by atoms with E-state index in [4.69, 9.17) is 4.74 Å². The van der Waals surface area contributed by atoms with E-state index in [1.54, 1.807) is 36.4 Å². The third-order valence-electron chi connectivity index (χ3n) is 2.74. The maximum Gasteiger partial charge on any atom is 0.255 e. The number of methoxy groups -OCH3 is 1. The summed E-state index contributed by atoms with van der Waals surface area (Å²) in [7, 11) is 1.46. The fraction of sp³-hybridized carbons (Fsp3) is 0.125. The second-order valence-corrected chi connectivity index (χ2v) is 4.38. The lowest BCUT2D eigenvalue weighted by atomic mass is 10.2. The summed E-state index contributed by atoms with van der Waals surface area (Å²) in [6, 6.07) is 15.8. The van der Waals surface area contributed by atoms with Gasteiger partial charge in [-0.3, -0.25) is 9.59 Å². The molecule has 108 valence electrons. The van der Waals surface area contributed by atoms with Crippen LogP contribution in [-0.4, -0.2) is 25.5 Å². The Labute approximate surface area is 122 Å². The number of benzene rings is 2. The van der Waals surface area contributed by atoms with Gasteiger partial charge in [0.1, 0.15) is 6.61 Å². The van der Waals surface area contributed by atoms with Gasteiger partial charge in [-0.05, 0) is 36.4 Å². The molecule has 0 aromatic heterocycles. The predicted molar refractivity (Wildman–Crippen MR) is 81.3 cm³/mol. The van der Waals surface area contributed by atoms with Gasteiger partial charge in [0.25, 0.3) is 5.91 Å². The summed E-state index contributed by atoms with van der Waals surface area (Å²) >= 11 is 0. The summed E-state index contributed by atoms with van der Waals surface area (Å²) in [5.41, 5.74) is 1.90. The van der Waals surface area contributed by atoms with Gasteiger partial charge in [0, 0.05) is 24.0 Å². The summed E-state index contributed by atoms with van der Waals surface area (Å²) < 4.78 is 4.73. The highest BCUT2D eigenvalue weighted by atomic mass is 16.5. The van der Waals surface area contributed by atoms with Crippen LogP contribution in [0.4, 0.5) is 11.4 Å². The van der Waals surface area contributed by atoms with Crippen molar-refractivity contribution in [3.63, 3.8) is 0 Å². The molecule has 0 aliphatic heterocycles. The lowest BCUT2D eigenvalue weighted by Crippen LogP contribution is -2.17. The number of rotatable bonds is 5. The van der Waals surface area contributed by atoms with E-state index in [1.807, 2.05) is 18.2 Å². The molecule has 0 atom stereocenters. The Balaban J connectivity index is 1.96. The van der Waals surface area contributed by atoms with Crippen molar-refractivity contribution in [2.45, 2.75) is 0 Å². The maximum absolute atomic E-state index is 12.0. The van der Waals surface area contributed by atoms with E-state index < -0.39 is 0 Å². The van der Waals surface area contributed by atoms with Crippen LogP contribution in [0.1, 0.15) is 10.4 Å².